The zero-order valence-electron chi connectivity index (χ0n) is 10.2. The molecule has 0 radical (unpaired) electrons. The Morgan fingerprint density at radius 1 is 1.05 bits per heavy atom. The Hall–Kier alpha value is -1.06. The van der Waals surface area contributed by atoms with Crippen LogP contribution in [0.25, 0.3) is 4.47 Å². The van der Waals surface area contributed by atoms with Gasteiger partial charge in [-0.25, -0.2) is 0 Å². The minimum absolute atomic E-state index is 0.0801. The van der Waals surface area contributed by atoms with Crippen LogP contribution in [0.1, 0.15) is 30.4 Å². The molecule has 0 spiro atoms. The number of carbonyl (C=O) groups is 1. The first-order valence-corrected chi connectivity index (χ1v) is 8.08. The van der Waals surface area contributed by atoms with E-state index in [0.29, 0.717) is 6.42 Å². The first-order valence-electron chi connectivity index (χ1n) is 6.02. The molecular formula is C14H13F3OSe. The summed E-state index contributed by atoms with van der Waals surface area (Å²) in [4.78, 5) is 11.6. The third kappa shape index (κ3) is 3.95. The van der Waals surface area contributed by atoms with Crippen molar-refractivity contribution in [3.8, 4) is 0 Å². The Kier molecular flexibility index (Phi) is 4.48. The zero-order chi connectivity index (χ0) is 13.9. The van der Waals surface area contributed by atoms with E-state index >= 15 is 0 Å². The van der Waals surface area contributed by atoms with Gasteiger partial charge in [0.05, 0.1) is 0 Å². The van der Waals surface area contributed by atoms with Gasteiger partial charge in [-0.05, 0) is 0 Å². The standard InChI is InChI=1S/C14H13F3OSe/c15-14(16,17)11-6-4-10(5-7-11)13-9-12(18)3-1-2-8-19-13/h4-7,9H,1-3,8H2/b13-9-. The average Bonchev–Trinajstić information content (AvgIpc) is 2.33. The molecule has 0 fully saturated rings. The molecule has 0 aliphatic carbocycles. The van der Waals surface area contributed by atoms with Crippen molar-refractivity contribution in [3.05, 3.63) is 41.5 Å². The van der Waals surface area contributed by atoms with Crippen molar-refractivity contribution in [2.45, 2.75) is 30.8 Å². The van der Waals surface area contributed by atoms with Gasteiger partial charge >= 0.3 is 115 Å². The normalized spacial score (nSPS) is 20.4. The van der Waals surface area contributed by atoms with Gasteiger partial charge in [-0.2, -0.15) is 0 Å². The Bertz CT molecular complexity index is 488. The average molecular weight is 333 g/mol. The van der Waals surface area contributed by atoms with Crippen LogP contribution in [0.5, 0.6) is 0 Å². The van der Waals surface area contributed by atoms with E-state index in [1.165, 1.54) is 12.1 Å². The number of benzene rings is 1. The molecule has 0 saturated carbocycles. The summed E-state index contributed by atoms with van der Waals surface area (Å²) in [7, 11) is 0. The fraction of sp³-hybridized carbons (Fsp3) is 0.357. The van der Waals surface area contributed by atoms with Crippen LogP contribution >= 0.6 is 0 Å². The van der Waals surface area contributed by atoms with Gasteiger partial charge in [0.2, 0.25) is 0 Å². The van der Waals surface area contributed by atoms with Crippen molar-refractivity contribution < 1.29 is 18.0 Å². The van der Waals surface area contributed by atoms with Gasteiger partial charge in [-0.3, -0.25) is 0 Å². The summed E-state index contributed by atoms with van der Waals surface area (Å²) in [6, 6.07) is 5.08. The second-order valence-corrected chi connectivity index (χ2v) is 6.74. The number of ketones is 1. The van der Waals surface area contributed by atoms with Crippen molar-refractivity contribution in [1.29, 1.82) is 0 Å². The van der Waals surface area contributed by atoms with E-state index in [2.05, 4.69) is 0 Å². The van der Waals surface area contributed by atoms with Gasteiger partial charge in [0.15, 0.2) is 0 Å². The molecule has 0 saturated heterocycles. The summed E-state index contributed by atoms with van der Waals surface area (Å²) in [6.45, 7) is 0. The van der Waals surface area contributed by atoms with Crippen LogP contribution in [0, 0.1) is 0 Å². The van der Waals surface area contributed by atoms with Crippen molar-refractivity contribution in [2.75, 3.05) is 0 Å². The van der Waals surface area contributed by atoms with Crippen molar-refractivity contribution in [1.82, 2.24) is 0 Å². The van der Waals surface area contributed by atoms with Gasteiger partial charge in [-0.1, -0.05) is 0 Å². The Balaban J connectivity index is 2.25. The monoisotopic (exact) mass is 334 g/mol. The SMILES string of the molecule is O=C1/C=C(/c2ccc(C(F)(F)F)cc2)[Se]CCCC1. The van der Waals surface area contributed by atoms with E-state index in [0.717, 1.165) is 40.3 Å². The fourth-order valence-electron chi connectivity index (χ4n) is 1.83. The van der Waals surface area contributed by atoms with Crippen LogP contribution in [-0.4, -0.2) is 20.7 Å². The van der Waals surface area contributed by atoms with E-state index in [1.54, 1.807) is 6.08 Å². The molecule has 1 nitrogen and oxygen atoms in total. The molecule has 0 N–H and O–H groups in total. The summed E-state index contributed by atoms with van der Waals surface area (Å²) in [5.74, 6) is 0.0801. The topological polar surface area (TPSA) is 17.1 Å². The molecule has 102 valence electrons. The number of rotatable bonds is 1. The van der Waals surface area contributed by atoms with E-state index in [-0.39, 0.29) is 20.7 Å². The van der Waals surface area contributed by atoms with Gasteiger partial charge in [0, 0.05) is 0 Å². The third-order valence-corrected chi connectivity index (χ3v) is 5.29. The molecule has 1 heterocycles. The number of hydrogen-bond donors (Lipinski definition) is 0. The number of hydrogen-bond acceptors (Lipinski definition) is 1. The summed E-state index contributed by atoms with van der Waals surface area (Å²) in [6.07, 6.45) is -0.224. The molecule has 0 atom stereocenters. The first kappa shape index (κ1) is 14.4. The Morgan fingerprint density at radius 2 is 1.74 bits per heavy atom. The van der Waals surface area contributed by atoms with Crippen molar-refractivity contribution in [3.63, 3.8) is 0 Å². The van der Waals surface area contributed by atoms with Crippen LogP contribution < -0.4 is 0 Å². The maximum atomic E-state index is 12.5. The molecule has 0 amide bonds. The molecule has 2 rings (SSSR count). The van der Waals surface area contributed by atoms with Crippen LogP contribution in [-0.2, 0) is 11.0 Å². The predicted octanol–water partition coefficient (Wildman–Crippen LogP) is 3.92. The molecule has 1 aromatic rings. The minimum atomic E-state index is -4.31. The molecule has 1 aromatic carbocycles. The van der Waals surface area contributed by atoms with E-state index < -0.39 is 11.7 Å². The molecular weight excluding hydrogens is 320 g/mol. The van der Waals surface area contributed by atoms with Crippen LogP contribution in [0.3, 0.4) is 0 Å². The summed E-state index contributed by atoms with van der Waals surface area (Å²) in [5, 5.41) is 1.03. The van der Waals surface area contributed by atoms with Crippen molar-refractivity contribution in [2.24, 2.45) is 0 Å². The summed E-state index contributed by atoms with van der Waals surface area (Å²) in [5.41, 5.74) is 0.0878. The second-order valence-electron chi connectivity index (χ2n) is 4.36. The van der Waals surface area contributed by atoms with Gasteiger partial charge in [0.25, 0.3) is 0 Å². The molecule has 1 aliphatic heterocycles. The van der Waals surface area contributed by atoms with Crippen molar-refractivity contribution >= 4 is 25.2 Å². The van der Waals surface area contributed by atoms with Gasteiger partial charge in [-0.15, -0.1) is 0 Å². The second kappa shape index (κ2) is 5.93. The molecule has 1 aliphatic rings. The number of carbonyl (C=O) groups excluding carboxylic acids is 1. The fourth-order valence-corrected chi connectivity index (χ4v) is 4.11. The molecule has 0 bridgehead atoms. The molecule has 19 heavy (non-hydrogen) atoms. The Morgan fingerprint density at radius 3 is 2.37 bits per heavy atom. The van der Waals surface area contributed by atoms with Gasteiger partial charge < -0.3 is 0 Å². The molecule has 0 unspecified atom stereocenters. The van der Waals surface area contributed by atoms with E-state index in [1.807, 2.05) is 0 Å². The summed E-state index contributed by atoms with van der Waals surface area (Å²) < 4.78 is 38.3. The quantitative estimate of drug-likeness (QED) is 0.712. The van der Waals surface area contributed by atoms with E-state index in [4.69, 9.17) is 0 Å². The third-order valence-electron chi connectivity index (χ3n) is 2.86. The van der Waals surface area contributed by atoms with E-state index in [9.17, 15) is 18.0 Å². The molecule has 0 aromatic heterocycles. The Labute approximate surface area is 116 Å². The number of halogens is 3. The maximum absolute atomic E-state index is 12.5. The van der Waals surface area contributed by atoms with Crippen LogP contribution in [0.2, 0.25) is 5.32 Å². The summed E-state index contributed by atoms with van der Waals surface area (Å²) >= 11 is 0.163. The predicted molar refractivity (Wildman–Crippen MR) is 68.8 cm³/mol. The molecule has 5 heteroatoms. The first-order chi connectivity index (χ1) is 8.97. The van der Waals surface area contributed by atoms with Gasteiger partial charge in [0.1, 0.15) is 0 Å². The number of alkyl halides is 3. The van der Waals surface area contributed by atoms with Crippen LogP contribution in [0.15, 0.2) is 30.3 Å². The van der Waals surface area contributed by atoms with Crippen LogP contribution in [0.4, 0.5) is 13.2 Å². The zero-order valence-corrected chi connectivity index (χ0v) is 11.9. The number of allylic oxidation sites excluding steroid dienone is 1.